The van der Waals surface area contributed by atoms with Crippen molar-refractivity contribution in [1.29, 1.82) is 0 Å². The molecule has 2 heterocycles. The van der Waals surface area contributed by atoms with E-state index in [1.165, 1.54) is 0 Å². The molecule has 3 aliphatic rings. The van der Waals surface area contributed by atoms with Gasteiger partial charge in [-0.25, -0.2) is 8.42 Å². The third kappa shape index (κ3) is 1.99. The number of amides is 1. The van der Waals surface area contributed by atoms with Crippen LogP contribution in [0.3, 0.4) is 0 Å². The van der Waals surface area contributed by atoms with Crippen molar-refractivity contribution in [2.75, 3.05) is 32.1 Å². The summed E-state index contributed by atoms with van der Waals surface area (Å²) >= 11 is 0. The van der Waals surface area contributed by atoms with E-state index in [9.17, 15) is 13.2 Å². The molecule has 3 fully saturated rings. The number of sulfone groups is 1. The van der Waals surface area contributed by atoms with Crippen molar-refractivity contribution in [2.45, 2.75) is 31.4 Å². The standard InChI is InChI=1S/C14H23NO4S/c1-3-19-7-11-4-5-20(17,18)14(11)8-15(9-14)13(16)12-6-10(12)2/h10-12H,3-9H2,1-2H3/t10-,11+,12+/m1/s1. The second kappa shape index (κ2) is 4.70. The molecule has 1 spiro atoms. The van der Waals surface area contributed by atoms with Crippen LogP contribution in [0.25, 0.3) is 0 Å². The highest BCUT2D eigenvalue weighted by atomic mass is 32.2. The van der Waals surface area contributed by atoms with Crippen LogP contribution in [-0.2, 0) is 19.4 Å². The maximum absolute atomic E-state index is 12.4. The van der Waals surface area contributed by atoms with Gasteiger partial charge in [0, 0.05) is 31.5 Å². The Hall–Kier alpha value is -0.620. The zero-order valence-corrected chi connectivity index (χ0v) is 13.0. The van der Waals surface area contributed by atoms with E-state index in [0.717, 1.165) is 6.42 Å². The van der Waals surface area contributed by atoms with Crippen LogP contribution in [0.15, 0.2) is 0 Å². The normalized spacial score (nSPS) is 36.9. The first-order valence-corrected chi connectivity index (χ1v) is 9.15. The third-order valence-corrected chi connectivity index (χ3v) is 7.88. The molecule has 0 unspecified atom stereocenters. The topological polar surface area (TPSA) is 63.7 Å². The quantitative estimate of drug-likeness (QED) is 0.766. The molecule has 2 aliphatic heterocycles. The van der Waals surface area contributed by atoms with Crippen LogP contribution in [0.1, 0.15) is 26.7 Å². The molecule has 0 aromatic rings. The van der Waals surface area contributed by atoms with Gasteiger partial charge >= 0.3 is 0 Å². The Morgan fingerprint density at radius 3 is 2.60 bits per heavy atom. The first-order valence-electron chi connectivity index (χ1n) is 7.50. The summed E-state index contributed by atoms with van der Waals surface area (Å²) in [5.41, 5.74) is 0. The minimum atomic E-state index is -3.09. The molecule has 0 bridgehead atoms. The lowest BCUT2D eigenvalue weighted by Crippen LogP contribution is -2.69. The van der Waals surface area contributed by atoms with Crippen molar-refractivity contribution in [2.24, 2.45) is 17.8 Å². The summed E-state index contributed by atoms with van der Waals surface area (Å²) in [6.45, 7) is 5.86. The minimum Gasteiger partial charge on any atom is -0.381 e. The molecular weight excluding hydrogens is 278 g/mol. The van der Waals surface area contributed by atoms with E-state index in [1.807, 2.05) is 6.92 Å². The Bertz CT molecular complexity index is 509. The van der Waals surface area contributed by atoms with Gasteiger partial charge in [0.15, 0.2) is 9.84 Å². The Morgan fingerprint density at radius 1 is 1.40 bits per heavy atom. The number of hydrogen-bond acceptors (Lipinski definition) is 4. The van der Waals surface area contributed by atoms with E-state index in [-0.39, 0.29) is 23.5 Å². The molecule has 1 aliphatic carbocycles. The molecule has 5 nitrogen and oxygen atoms in total. The molecule has 2 saturated heterocycles. The predicted octanol–water partition coefficient (Wildman–Crippen LogP) is 0.695. The summed E-state index contributed by atoms with van der Waals surface area (Å²) in [5, 5.41) is 0. The third-order valence-electron chi connectivity index (χ3n) is 5.28. The minimum absolute atomic E-state index is 0.0492. The van der Waals surface area contributed by atoms with Crippen LogP contribution in [0.4, 0.5) is 0 Å². The van der Waals surface area contributed by atoms with Gasteiger partial charge in [0.25, 0.3) is 0 Å². The Kier molecular flexibility index (Phi) is 3.36. The van der Waals surface area contributed by atoms with Gasteiger partial charge in [-0.05, 0) is 25.7 Å². The molecule has 3 atom stereocenters. The Labute approximate surface area is 120 Å². The van der Waals surface area contributed by atoms with Crippen molar-refractivity contribution < 1.29 is 17.9 Å². The summed E-state index contributed by atoms with van der Waals surface area (Å²) in [4.78, 5) is 13.9. The van der Waals surface area contributed by atoms with Crippen molar-refractivity contribution in [3.8, 4) is 0 Å². The second-order valence-electron chi connectivity index (χ2n) is 6.54. The maximum atomic E-state index is 12.4. The maximum Gasteiger partial charge on any atom is 0.226 e. The average Bonchev–Trinajstić information content (AvgIpc) is 2.99. The number of carbonyl (C=O) groups is 1. The van der Waals surface area contributed by atoms with E-state index in [1.54, 1.807) is 4.90 Å². The molecular formula is C14H23NO4S. The molecule has 0 aromatic heterocycles. The van der Waals surface area contributed by atoms with Crippen LogP contribution >= 0.6 is 0 Å². The first kappa shape index (κ1) is 14.3. The Balaban J connectivity index is 1.69. The van der Waals surface area contributed by atoms with E-state index in [2.05, 4.69) is 6.92 Å². The van der Waals surface area contributed by atoms with Gasteiger partial charge < -0.3 is 9.64 Å². The summed E-state index contributed by atoms with van der Waals surface area (Å²) in [7, 11) is -3.09. The fourth-order valence-electron chi connectivity index (χ4n) is 3.62. The van der Waals surface area contributed by atoms with Gasteiger partial charge in [-0.1, -0.05) is 6.92 Å². The van der Waals surface area contributed by atoms with Gasteiger partial charge in [0.2, 0.25) is 5.91 Å². The van der Waals surface area contributed by atoms with Gasteiger partial charge in [-0.2, -0.15) is 0 Å². The van der Waals surface area contributed by atoms with Crippen molar-refractivity contribution in [3.05, 3.63) is 0 Å². The number of carbonyl (C=O) groups excluding carboxylic acids is 1. The van der Waals surface area contributed by atoms with Crippen LogP contribution in [0, 0.1) is 17.8 Å². The average molecular weight is 301 g/mol. The monoisotopic (exact) mass is 301 g/mol. The van der Waals surface area contributed by atoms with Gasteiger partial charge in [0.05, 0.1) is 12.4 Å². The van der Waals surface area contributed by atoms with Crippen LogP contribution < -0.4 is 0 Å². The molecule has 1 amide bonds. The molecule has 0 radical (unpaired) electrons. The lowest BCUT2D eigenvalue weighted by Gasteiger charge is -2.50. The van der Waals surface area contributed by atoms with Crippen molar-refractivity contribution in [1.82, 2.24) is 4.90 Å². The first-order chi connectivity index (χ1) is 9.41. The number of rotatable bonds is 4. The zero-order valence-electron chi connectivity index (χ0n) is 12.2. The fraction of sp³-hybridized carbons (Fsp3) is 0.929. The SMILES string of the molecule is CCOC[C@@H]1CCS(=O)(=O)C12CN(C(=O)[C@H]1C[C@H]1C)C2. The van der Waals surface area contributed by atoms with Gasteiger partial charge in [-0.3, -0.25) is 4.79 Å². The smallest absolute Gasteiger partial charge is 0.226 e. The predicted molar refractivity (Wildman–Crippen MR) is 75.0 cm³/mol. The second-order valence-corrected chi connectivity index (χ2v) is 8.99. The van der Waals surface area contributed by atoms with E-state index >= 15 is 0 Å². The van der Waals surface area contributed by atoms with Crippen molar-refractivity contribution >= 4 is 15.7 Å². The molecule has 114 valence electrons. The van der Waals surface area contributed by atoms with Gasteiger partial charge in [0.1, 0.15) is 4.75 Å². The highest BCUT2D eigenvalue weighted by Gasteiger charge is 2.63. The molecule has 1 saturated carbocycles. The summed E-state index contributed by atoms with van der Waals surface area (Å²) in [6, 6.07) is 0. The molecule has 0 aromatic carbocycles. The highest BCUT2D eigenvalue weighted by molar-refractivity contribution is 7.93. The number of likely N-dealkylation sites (tertiary alicyclic amines) is 1. The zero-order chi connectivity index (χ0) is 14.5. The lowest BCUT2D eigenvalue weighted by molar-refractivity contribution is -0.139. The Morgan fingerprint density at radius 2 is 2.05 bits per heavy atom. The highest BCUT2D eigenvalue weighted by Crippen LogP contribution is 2.47. The van der Waals surface area contributed by atoms with E-state index in [0.29, 0.717) is 38.6 Å². The van der Waals surface area contributed by atoms with Crippen molar-refractivity contribution in [3.63, 3.8) is 0 Å². The number of hydrogen-bond donors (Lipinski definition) is 0. The van der Waals surface area contributed by atoms with E-state index < -0.39 is 14.6 Å². The number of nitrogens with zero attached hydrogens (tertiary/aromatic N) is 1. The largest absolute Gasteiger partial charge is 0.381 e. The van der Waals surface area contributed by atoms with E-state index in [4.69, 9.17) is 4.74 Å². The molecule has 6 heteroatoms. The molecule has 20 heavy (non-hydrogen) atoms. The molecule has 0 N–H and O–H groups in total. The fourth-order valence-corrected chi connectivity index (χ4v) is 6.02. The summed E-state index contributed by atoms with van der Waals surface area (Å²) < 4.78 is 29.5. The van der Waals surface area contributed by atoms with Gasteiger partial charge in [-0.15, -0.1) is 0 Å². The number of ether oxygens (including phenoxy) is 1. The summed E-state index contributed by atoms with van der Waals surface area (Å²) in [6.07, 6.45) is 1.63. The van der Waals surface area contributed by atoms with Crippen LogP contribution in [0.5, 0.6) is 0 Å². The lowest BCUT2D eigenvalue weighted by atomic mass is 9.83. The molecule has 3 rings (SSSR count). The summed E-state index contributed by atoms with van der Waals surface area (Å²) in [5.74, 6) is 1.06. The van der Waals surface area contributed by atoms with Crippen LogP contribution in [-0.4, -0.2) is 56.0 Å². The van der Waals surface area contributed by atoms with Crippen LogP contribution in [0.2, 0.25) is 0 Å².